The summed E-state index contributed by atoms with van der Waals surface area (Å²) in [6.07, 6.45) is 4.58. The van der Waals surface area contributed by atoms with Crippen LogP contribution >= 0.6 is 0 Å². The molecule has 3 aromatic heterocycles. The third-order valence-electron chi connectivity index (χ3n) is 5.00. The fraction of sp³-hybridized carbons (Fsp3) is 0.0435. The lowest BCUT2D eigenvalue weighted by molar-refractivity contribution is -0.114. The molecule has 0 aliphatic carbocycles. The van der Waals surface area contributed by atoms with Gasteiger partial charge in [0.2, 0.25) is 5.91 Å². The highest BCUT2D eigenvalue weighted by atomic mass is 32.2. The zero-order chi connectivity index (χ0) is 23.0. The lowest BCUT2D eigenvalue weighted by atomic mass is 10.2. The number of pyridine rings is 2. The summed E-state index contributed by atoms with van der Waals surface area (Å²) in [6, 6.07) is 17.3. The number of hydrogen-bond acceptors (Lipinski definition) is 7. The Hall–Kier alpha value is -4.31. The molecule has 0 aliphatic heterocycles. The molecule has 0 fully saturated rings. The van der Waals surface area contributed by atoms with Crippen molar-refractivity contribution in [3.63, 3.8) is 0 Å². The zero-order valence-corrected chi connectivity index (χ0v) is 18.2. The summed E-state index contributed by atoms with van der Waals surface area (Å²) in [5, 5.41) is 11.3. The van der Waals surface area contributed by atoms with Gasteiger partial charge in [0.1, 0.15) is 10.7 Å². The van der Waals surface area contributed by atoms with Gasteiger partial charge < -0.3 is 10.6 Å². The van der Waals surface area contributed by atoms with Crippen LogP contribution in [-0.4, -0.2) is 33.5 Å². The smallest absolute Gasteiger partial charge is 0.285 e. The van der Waals surface area contributed by atoms with E-state index in [4.69, 9.17) is 0 Å². The van der Waals surface area contributed by atoms with Crippen molar-refractivity contribution in [3.8, 4) is 0 Å². The third kappa shape index (κ3) is 3.87. The van der Waals surface area contributed by atoms with Crippen molar-refractivity contribution in [3.05, 3.63) is 79.3 Å². The van der Waals surface area contributed by atoms with Gasteiger partial charge in [-0.25, -0.2) is 4.98 Å². The fourth-order valence-corrected chi connectivity index (χ4v) is 4.96. The Labute approximate surface area is 189 Å². The largest absolute Gasteiger partial charge is 0.340 e. The molecule has 5 aromatic rings. The van der Waals surface area contributed by atoms with Crippen molar-refractivity contribution in [1.29, 1.82) is 0 Å². The number of hydrogen-bond donors (Lipinski definition) is 2. The molecule has 0 radical (unpaired) electrons. The molecule has 0 spiro atoms. The maximum absolute atomic E-state index is 13.5. The first-order valence-corrected chi connectivity index (χ1v) is 11.4. The predicted octanol–water partition coefficient (Wildman–Crippen LogP) is 3.92. The van der Waals surface area contributed by atoms with E-state index in [0.29, 0.717) is 27.9 Å². The van der Waals surface area contributed by atoms with Gasteiger partial charge in [0.05, 0.1) is 17.2 Å². The maximum atomic E-state index is 13.5. The summed E-state index contributed by atoms with van der Waals surface area (Å²) < 4.78 is 28.0. The molecule has 10 heteroatoms. The van der Waals surface area contributed by atoms with E-state index in [2.05, 4.69) is 25.7 Å². The Morgan fingerprint density at radius 2 is 1.67 bits per heavy atom. The predicted molar refractivity (Wildman–Crippen MR) is 126 cm³/mol. The average Bonchev–Trinajstić information content (AvgIpc) is 3.24. The highest BCUT2D eigenvalue weighted by molar-refractivity contribution is 7.90. The van der Waals surface area contributed by atoms with Gasteiger partial charge in [-0.1, -0.05) is 18.2 Å². The second-order valence-electron chi connectivity index (χ2n) is 7.34. The van der Waals surface area contributed by atoms with Crippen LogP contribution in [0.3, 0.4) is 0 Å². The third-order valence-corrected chi connectivity index (χ3v) is 6.63. The van der Waals surface area contributed by atoms with Gasteiger partial charge in [-0.05, 0) is 36.4 Å². The molecule has 164 valence electrons. The molecular formula is C23H18N6O3S. The van der Waals surface area contributed by atoms with Crippen molar-refractivity contribution in [2.45, 2.75) is 11.8 Å². The standard InChI is InChI=1S/C23H18N6O3S/c1-15(30)27-18-7-9-19(10-8-18)28-22-12-20-17(13-25-22)14-26-29(20)33(31,32)21-6-2-4-16-5-3-11-24-23(16)21/h2-14H,1H3,(H,25,28)(H,27,30). The fourth-order valence-electron chi connectivity index (χ4n) is 3.52. The molecule has 0 atom stereocenters. The number of anilines is 3. The van der Waals surface area contributed by atoms with Crippen LogP contribution in [0.4, 0.5) is 17.2 Å². The van der Waals surface area contributed by atoms with Crippen molar-refractivity contribution in [1.82, 2.24) is 19.2 Å². The quantitative estimate of drug-likeness (QED) is 0.410. The Morgan fingerprint density at radius 1 is 0.909 bits per heavy atom. The van der Waals surface area contributed by atoms with E-state index >= 15 is 0 Å². The summed E-state index contributed by atoms with van der Waals surface area (Å²) in [6.45, 7) is 1.44. The minimum Gasteiger partial charge on any atom is -0.340 e. The number of aromatic nitrogens is 4. The first kappa shape index (κ1) is 20.6. The Bertz CT molecular complexity index is 1610. The van der Waals surface area contributed by atoms with E-state index in [1.54, 1.807) is 54.9 Å². The number of nitrogens with one attached hydrogen (secondary N) is 2. The van der Waals surface area contributed by atoms with Crippen LogP contribution < -0.4 is 10.6 Å². The number of nitrogens with zero attached hydrogens (tertiary/aromatic N) is 4. The van der Waals surface area contributed by atoms with Crippen LogP contribution in [0.15, 0.2) is 84.1 Å². The summed E-state index contributed by atoms with van der Waals surface area (Å²) in [7, 11) is -4.01. The number of carbonyl (C=O) groups is 1. The minimum atomic E-state index is -4.01. The topological polar surface area (TPSA) is 119 Å². The van der Waals surface area contributed by atoms with Gasteiger partial charge in [0, 0.05) is 47.5 Å². The summed E-state index contributed by atoms with van der Waals surface area (Å²) in [4.78, 5) is 19.9. The van der Waals surface area contributed by atoms with E-state index in [1.165, 1.54) is 19.2 Å². The number of benzene rings is 2. The van der Waals surface area contributed by atoms with E-state index in [-0.39, 0.29) is 10.8 Å². The number of amides is 1. The highest BCUT2D eigenvalue weighted by Crippen LogP contribution is 2.27. The minimum absolute atomic E-state index is 0.0745. The average molecular weight is 459 g/mol. The molecule has 2 N–H and O–H groups in total. The molecule has 2 aromatic carbocycles. The first-order valence-electron chi connectivity index (χ1n) is 9.99. The van der Waals surface area contributed by atoms with Crippen molar-refractivity contribution in [2.75, 3.05) is 10.6 Å². The van der Waals surface area contributed by atoms with Crippen molar-refractivity contribution < 1.29 is 13.2 Å². The summed E-state index contributed by atoms with van der Waals surface area (Å²) in [5.41, 5.74) is 2.16. The second kappa shape index (κ2) is 7.99. The number of rotatable bonds is 5. The van der Waals surface area contributed by atoms with Gasteiger partial charge in [-0.3, -0.25) is 9.78 Å². The molecule has 1 amide bonds. The molecule has 33 heavy (non-hydrogen) atoms. The monoisotopic (exact) mass is 458 g/mol. The van der Waals surface area contributed by atoms with Gasteiger partial charge in [0.15, 0.2) is 0 Å². The van der Waals surface area contributed by atoms with E-state index in [9.17, 15) is 13.2 Å². The molecule has 0 aliphatic rings. The van der Waals surface area contributed by atoms with E-state index in [1.807, 2.05) is 12.1 Å². The molecular weight excluding hydrogens is 440 g/mol. The van der Waals surface area contributed by atoms with E-state index in [0.717, 1.165) is 15.2 Å². The second-order valence-corrected chi connectivity index (χ2v) is 9.07. The van der Waals surface area contributed by atoms with Crippen LogP contribution in [0.25, 0.3) is 21.8 Å². The van der Waals surface area contributed by atoms with E-state index < -0.39 is 10.0 Å². The van der Waals surface area contributed by atoms with Crippen LogP contribution in [0.5, 0.6) is 0 Å². The molecule has 0 saturated carbocycles. The molecule has 0 unspecified atom stereocenters. The van der Waals surface area contributed by atoms with Gasteiger partial charge in [0.25, 0.3) is 10.0 Å². The van der Waals surface area contributed by atoms with Crippen molar-refractivity contribution in [2.24, 2.45) is 0 Å². The SMILES string of the molecule is CC(=O)Nc1ccc(Nc2cc3c(cn2)cnn3S(=O)(=O)c2cccc3cccnc23)cc1. The number of fused-ring (bicyclic) bond motifs is 2. The Balaban J connectivity index is 1.53. The number of carbonyl (C=O) groups excluding carboxylic acids is 1. The Kier molecular flexibility index (Phi) is 4.98. The number of para-hydroxylation sites is 1. The summed E-state index contributed by atoms with van der Waals surface area (Å²) >= 11 is 0. The van der Waals surface area contributed by atoms with Gasteiger partial charge in [-0.15, -0.1) is 0 Å². The van der Waals surface area contributed by atoms with Crippen LogP contribution in [0.1, 0.15) is 6.92 Å². The van der Waals surface area contributed by atoms with Gasteiger partial charge >= 0.3 is 0 Å². The molecule has 0 bridgehead atoms. The lowest BCUT2D eigenvalue weighted by Gasteiger charge is -2.10. The lowest BCUT2D eigenvalue weighted by Crippen LogP contribution is -2.15. The van der Waals surface area contributed by atoms with Crippen molar-refractivity contribution >= 4 is 54.9 Å². The Morgan fingerprint density at radius 3 is 2.45 bits per heavy atom. The molecule has 3 heterocycles. The molecule has 0 saturated heterocycles. The van der Waals surface area contributed by atoms with Crippen LogP contribution in [0.2, 0.25) is 0 Å². The van der Waals surface area contributed by atoms with Crippen LogP contribution in [0, 0.1) is 0 Å². The van der Waals surface area contributed by atoms with Gasteiger partial charge in [-0.2, -0.15) is 17.6 Å². The normalized spacial score (nSPS) is 11.5. The first-order chi connectivity index (χ1) is 15.9. The highest BCUT2D eigenvalue weighted by Gasteiger charge is 2.23. The summed E-state index contributed by atoms with van der Waals surface area (Å²) in [5.74, 6) is 0.293. The zero-order valence-electron chi connectivity index (χ0n) is 17.4. The maximum Gasteiger partial charge on any atom is 0.285 e. The molecule has 9 nitrogen and oxygen atoms in total. The molecule has 5 rings (SSSR count). The van der Waals surface area contributed by atoms with Crippen LogP contribution in [-0.2, 0) is 14.8 Å².